The van der Waals surface area contributed by atoms with Gasteiger partial charge in [-0.05, 0) is 38.1 Å². The summed E-state index contributed by atoms with van der Waals surface area (Å²) in [7, 11) is 0. The van der Waals surface area contributed by atoms with Crippen LogP contribution in [0.25, 0.3) is 22.3 Å². The molecule has 0 amide bonds. The second-order valence-electron chi connectivity index (χ2n) is 11.2. The zero-order valence-electron chi connectivity index (χ0n) is 25.5. The number of hydrogen-bond acceptors (Lipinski definition) is 16. The Bertz CT molecular complexity index is 1690. The summed E-state index contributed by atoms with van der Waals surface area (Å²) in [6.07, 6.45) is -14.2. The van der Waals surface area contributed by atoms with E-state index in [1.807, 2.05) is 0 Å². The van der Waals surface area contributed by atoms with Gasteiger partial charge in [0.15, 0.2) is 18.0 Å². The van der Waals surface area contributed by atoms with Gasteiger partial charge in [-0.2, -0.15) is 0 Å². The Balaban J connectivity index is 1.59. The van der Waals surface area contributed by atoms with Crippen molar-refractivity contribution >= 4 is 22.9 Å². The van der Waals surface area contributed by atoms with E-state index in [0.29, 0.717) is 0 Å². The van der Waals surface area contributed by atoms with Gasteiger partial charge in [0.1, 0.15) is 52.6 Å². The summed E-state index contributed by atoms with van der Waals surface area (Å²) in [5.74, 6) is -3.29. The lowest BCUT2D eigenvalue weighted by Gasteiger charge is -2.41. The third-order valence-electron chi connectivity index (χ3n) is 7.69. The second-order valence-corrected chi connectivity index (χ2v) is 11.2. The first-order valence-corrected chi connectivity index (χ1v) is 14.5. The number of aromatic hydroxyl groups is 2. The van der Waals surface area contributed by atoms with Crippen molar-refractivity contribution < 1.29 is 73.1 Å². The smallest absolute Gasteiger partial charge is 0.303 e. The first-order chi connectivity index (χ1) is 22.2. The van der Waals surface area contributed by atoms with E-state index in [4.69, 9.17) is 32.8 Å². The van der Waals surface area contributed by atoms with Crippen LogP contribution in [0.2, 0.25) is 0 Å². The molecule has 0 spiro atoms. The second kappa shape index (κ2) is 13.3. The van der Waals surface area contributed by atoms with Crippen molar-refractivity contribution in [3.8, 4) is 34.3 Å². The van der Waals surface area contributed by atoms with E-state index in [2.05, 4.69) is 0 Å². The van der Waals surface area contributed by atoms with Gasteiger partial charge in [-0.15, -0.1) is 0 Å². The number of benzene rings is 2. The molecule has 0 bridgehead atoms. The van der Waals surface area contributed by atoms with E-state index in [0.717, 1.165) is 19.9 Å². The van der Waals surface area contributed by atoms with Crippen LogP contribution >= 0.6 is 0 Å². The van der Waals surface area contributed by atoms with Crippen LogP contribution in [0.5, 0.6) is 23.0 Å². The highest BCUT2D eigenvalue weighted by Crippen LogP contribution is 2.39. The summed E-state index contributed by atoms with van der Waals surface area (Å²) in [6, 6.07) is 7.62. The molecule has 10 unspecified atom stereocenters. The van der Waals surface area contributed by atoms with Gasteiger partial charge in [0.05, 0.1) is 12.2 Å². The Morgan fingerprint density at radius 3 is 2.00 bits per heavy atom. The number of rotatable bonds is 7. The van der Waals surface area contributed by atoms with Crippen molar-refractivity contribution in [1.29, 1.82) is 0 Å². The molecule has 2 aromatic carbocycles. The summed E-state index contributed by atoms with van der Waals surface area (Å²) >= 11 is 0. The van der Waals surface area contributed by atoms with Crippen LogP contribution in [-0.2, 0) is 28.5 Å². The lowest BCUT2D eigenvalue weighted by atomic mass is 9.99. The van der Waals surface area contributed by atoms with Crippen LogP contribution in [0.15, 0.2) is 45.6 Å². The number of carbonyl (C=O) groups excluding carboxylic acids is 2. The molecule has 0 aliphatic carbocycles. The van der Waals surface area contributed by atoms with E-state index < -0.39 is 95.7 Å². The SMILES string of the molecule is CC(=O)OC1C(C)OC(Oc2c(-c3ccc(O)cc3)oc3cc(OC4OC(C)C(O)C(O)C4O)cc(O)c3c2=O)C(OC(C)=O)C1O. The molecule has 6 N–H and O–H groups in total. The lowest BCUT2D eigenvalue weighted by Crippen LogP contribution is -2.60. The third-order valence-corrected chi connectivity index (χ3v) is 7.69. The Labute approximate surface area is 266 Å². The Kier molecular flexibility index (Phi) is 9.63. The molecule has 2 aliphatic rings. The highest BCUT2D eigenvalue weighted by Gasteiger charge is 2.49. The topological polar surface area (TPSA) is 241 Å². The molecule has 254 valence electrons. The summed E-state index contributed by atoms with van der Waals surface area (Å²) in [5.41, 5.74) is -0.969. The molecule has 3 aromatic rings. The van der Waals surface area contributed by atoms with Gasteiger partial charge in [-0.3, -0.25) is 14.4 Å². The molecule has 10 atom stereocenters. The van der Waals surface area contributed by atoms with E-state index in [1.165, 1.54) is 44.2 Å². The molecule has 2 aliphatic heterocycles. The van der Waals surface area contributed by atoms with E-state index in [-0.39, 0.29) is 28.4 Å². The van der Waals surface area contributed by atoms with Gasteiger partial charge in [0.2, 0.25) is 23.8 Å². The minimum absolute atomic E-state index is 0.112. The van der Waals surface area contributed by atoms with Gasteiger partial charge in [-0.25, -0.2) is 0 Å². The maximum Gasteiger partial charge on any atom is 0.303 e. The number of fused-ring (bicyclic) bond motifs is 1. The average molecular weight is 663 g/mol. The molecule has 0 saturated carbocycles. The lowest BCUT2D eigenvalue weighted by molar-refractivity contribution is -0.277. The predicted molar refractivity (Wildman–Crippen MR) is 156 cm³/mol. The molecule has 1 aromatic heterocycles. The van der Waals surface area contributed by atoms with Gasteiger partial charge in [0, 0.05) is 31.5 Å². The molecule has 3 heterocycles. The van der Waals surface area contributed by atoms with Crippen molar-refractivity contribution in [3.63, 3.8) is 0 Å². The summed E-state index contributed by atoms with van der Waals surface area (Å²) in [4.78, 5) is 37.6. The average Bonchev–Trinajstić information content (AvgIpc) is 3.00. The zero-order chi connectivity index (χ0) is 34.3. The molecular weight excluding hydrogens is 628 g/mol. The van der Waals surface area contributed by atoms with Crippen LogP contribution < -0.4 is 14.9 Å². The largest absolute Gasteiger partial charge is 0.508 e. The van der Waals surface area contributed by atoms with Crippen LogP contribution in [0.4, 0.5) is 0 Å². The Hall–Kier alpha value is -4.45. The Morgan fingerprint density at radius 2 is 1.36 bits per heavy atom. The van der Waals surface area contributed by atoms with Crippen LogP contribution in [0.3, 0.4) is 0 Å². The number of carbonyl (C=O) groups is 2. The summed E-state index contributed by atoms with van der Waals surface area (Å²) in [5, 5.41) is 62.0. The number of aliphatic hydroxyl groups is 4. The van der Waals surface area contributed by atoms with Gasteiger partial charge >= 0.3 is 11.9 Å². The Morgan fingerprint density at radius 1 is 0.745 bits per heavy atom. The zero-order valence-corrected chi connectivity index (χ0v) is 25.5. The number of aliphatic hydroxyl groups excluding tert-OH is 4. The van der Waals surface area contributed by atoms with Gasteiger partial charge in [0.25, 0.3) is 0 Å². The normalized spacial score (nSPS) is 30.8. The highest BCUT2D eigenvalue weighted by atomic mass is 16.7. The van der Waals surface area contributed by atoms with Crippen LogP contribution in [0.1, 0.15) is 27.7 Å². The molecule has 0 radical (unpaired) electrons. The molecule has 2 saturated heterocycles. The monoisotopic (exact) mass is 662 g/mol. The first-order valence-electron chi connectivity index (χ1n) is 14.5. The minimum Gasteiger partial charge on any atom is -0.508 e. The van der Waals surface area contributed by atoms with Crippen LogP contribution in [-0.4, -0.2) is 104 Å². The van der Waals surface area contributed by atoms with Crippen molar-refractivity contribution in [2.45, 2.75) is 89.1 Å². The number of hydrogen-bond donors (Lipinski definition) is 6. The maximum atomic E-state index is 14.0. The number of phenolic OH excluding ortho intramolecular Hbond substituents is 2. The first kappa shape index (κ1) is 33.9. The molecular formula is C31H34O16. The molecule has 16 heteroatoms. The third kappa shape index (κ3) is 6.83. The van der Waals surface area contributed by atoms with E-state index >= 15 is 0 Å². The van der Waals surface area contributed by atoms with Crippen molar-refractivity contribution in [1.82, 2.24) is 0 Å². The summed E-state index contributed by atoms with van der Waals surface area (Å²) < 4.78 is 39.3. The van der Waals surface area contributed by atoms with E-state index in [9.17, 15) is 45.0 Å². The standard InChI is InChI=1S/C31H34O16/c1-11-21(36)23(38)24(39)30(41-11)45-17-9-18(35)20-19(10-17)46-27(15-5-7-16(34)8-6-15)28(22(20)37)47-31-29(44-14(4)33)25(40)26(12(2)42-31)43-13(3)32/h5-12,21,23-26,29-31,34-36,38-40H,1-4H3. The molecule has 47 heavy (non-hydrogen) atoms. The molecule has 16 nitrogen and oxygen atoms in total. The fraction of sp³-hybridized carbons (Fsp3) is 0.452. The number of esters is 2. The van der Waals surface area contributed by atoms with Crippen molar-refractivity contribution in [2.75, 3.05) is 0 Å². The fourth-order valence-electron chi connectivity index (χ4n) is 5.36. The fourth-order valence-corrected chi connectivity index (χ4v) is 5.36. The number of ether oxygens (including phenoxy) is 6. The summed E-state index contributed by atoms with van der Waals surface area (Å²) in [6.45, 7) is 5.10. The highest BCUT2D eigenvalue weighted by molar-refractivity contribution is 5.88. The predicted octanol–water partition coefficient (Wildman–Crippen LogP) is 0.425. The van der Waals surface area contributed by atoms with E-state index in [1.54, 1.807) is 0 Å². The van der Waals surface area contributed by atoms with Crippen molar-refractivity contribution in [2.24, 2.45) is 0 Å². The molecule has 5 rings (SSSR count). The molecule has 2 fully saturated rings. The minimum atomic E-state index is -1.67. The van der Waals surface area contributed by atoms with Crippen molar-refractivity contribution in [3.05, 3.63) is 46.6 Å². The quantitative estimate of drug-likeness (QED) is 0.188. The number of phenols is 2. The maximum absolute atomic E-state index is 14.0. The van der Waals surface area contributed by atoms with Crippen LogP contribution in [0, 0.1) is 0 Å². The van der Waals surface area contributed by atoms with Gasteiger partial charge < -0.3 is 63.5 Å². The van der Waals surface area contributed by atoms with Gasteiger partial charge in [-0.1, -0.05) is 0 Å².